The van der Waals surface area contributed by atoms with E-state index in [1.807, 2.05) is 0 Å². The van der Waals surface area contributed by atoms with E-state index in [4.69, 9.17) is 10.2 Å². The van der Waals surface area contributed by atoms with Gasteiger partial charge in [0.05, 0.1) is 6.04 Å². The van der Waals surface area contributed by atoms with E-state index in [1.54, 1.807) is 32.0 Å². The van der Waals surface area contributed by atoms with Crippen molar-refractivity contribution in [1.29, 1.82) is 0 Å². The maximum Gasteiger partial charge on any atom is 0.332 e. The van der Waals surface area contributed by atoms with Crippen LogP contribution in [0.25, 0.3) is 11.1 Å². The van der Waals surface area contributed by atoms with Crippen LogP contribution in [0.3, 0.4) is 0 Å². The average molecular weight is 357 g/mol. The number of ketones is 1. The first kappa shape index (κ1) is 17.5. The van der Waals surface area contributed by atoms with Crippen LogP contribution in [0.5, 0.6) is 0 Å². The first-order valence-electron chi connectivity index (χ1n) is 7.94. The molecule has 1 aromatic carbocycles. The number of nitrogens with one attached hydrogen (secondary N) is 1. The summed E-state index contributed by atoms with van der Waals surface area (Å²) in [4.78, 5) is 41.2. The molecular formula is C17H19N5O4. The minimum Gasteiger partial charge on any atom is -0.441 e. The van der Waals surface area contributed by atoms with Crippen molar-refractivity contribution < 1.29 is 9.21 Å². The number of carbonyl (C=O) groups excluding carboxylic acids is 1. The van der Waals surface area contributed by atoms with Crippen LogP contribution in [0, 0.1) is 6.92 Å². The molecule has 0 aliphatic rings. The van der Waals surface area contributed by atoms with Crippen molar-refractivity contribution in [3.05, 3.63) is 50.5 Å². The molecule has 2 heterocycles. The Balaban J connectivity index is 1.95. The molecule has 0 fully saturated rings. The van der Waals surface area contributed by atoms with Gasteiger partial charge >= 0.3 is 5.69 Å². The Morgan fingerprint density at radius 3 is 2.65 bits per heavy atom. The molecule has 0 unspecified atom stereocenters. The molecule has 9 nitrogen and oxygen atoms in total. The normalized spacial score (nSPS) is 12.3. The lowest BCUT2D eigenvalue weighted by atomic mass is 10.1. The molecule has 2 aromatic heterocycles. The fourth-order valence-corrected chi connectivity index (χ4v) is 2.76. The molecule has 0 radical (unpaired) electrons. The Morgan fingerprint density at radius 1 is 1.27 bits per heavy atom. The SMILES string of the molecule is Cc1nc2cc(N[C@@H](C)C(=O)c3c(N)n(C)c(=O)n(C)c3=O)ccc2o1. The van der Waals surface area contributed by atoms with Crippen molar-refractivity contribution in [2.24, 2.45) is 14.1 Å². The van der Waals surface area contributed by atoms with E-state index in [1.165, 1.54) is 14.1 Å². The van der Waals surface area contributed by atoms with Gasteiger partial charge in [-0.05, 0) is 25.1 Å². The minimum atomic E-state index is -0.743. The van der Waals surface area contributed by atoms with Crippen LogP contribution in [0.2, 0.25) is 0 Å². The van der Waals surface area contributed by atoms with Crippen LogP contribution in [0.4, 0.5) is 11.5 Å². The van der Waals surface area contributed by atoms with E-state index >= 15 is 0 Å². The lowest BCUT2D eigenvalue weighted by molar-refractivity contribution is 0.0973. The predicted octanol–water partition coefficient (Wildman–Crippen LogP) is 0.799. The molecule has 0 saturated heterocycles. The predicted molar refractivity (Wildman–Crippen MR) is 97.5 cm³/mol. The summed E-state index contributed by atoms with van der Waals surface area (Å²) in [6.45, 7) is 3.36. The van der Waals surface area contributed by atoms with Gasteiger partial charge in [-0.3, -0.25) is 18.7 Å². The van der Waals surface area contributed by atoms with Crippen LogP contribution in [0.15, 0.2) is 32.2 Å². The number of nitrogen functional groups attached to an aromatic ring is 1. The molecule has 26 heavy (non-hydrogen) atoms. The van der Waals surface area contributed by atoms with Crippen molar-refractivity contribution in [3.8, 4) is 0 Å². The molecule has 0 spiro atoms. The highest BCUT2D eigenvalue weighted by Gasteiger charge is 2.24. The van der Waals surface area contributed by atoms with E-state index in [-0.39, 0.29) is 11.4 Å². The summed E-state index contributed by atoms with van der Waals surface area (Å²) in [5.74, 6) is -0.114. The summed E-state index contributed by atoms with van der Waals surface area (Å²) < 4.78 is 7.35. The Morgan fingerprint density at radius 2 is 1.96 bits per heavy atom. The van der Waals surface area contributed by atoms with E-state index in [2.05, 4.69) is 10.3 Å². The largest absolute Gasteiger partial charge is 0.441 e. The molecular weight excluding hydrogens is 338 g/mol. The van der Waals surface area contributed by atoms with Gasteiger partial charge in [0.15, 0.2) is 17.3 Å². The number of fused-ring (bicyclic) bond motifs is 1. The van der Waals surface area contributed by atoms with Crippen LogP contribution < -0.4 is 22.3 Å². The third-order valence-electron chi connectivity index (χ3n) is 4.23. The fourth-order valence-electron chi connectivity index (χ4n) is 2.76. The first-order chi connectivity index (χ1) is 12.2. The monoisotopic (exact) mass is 357 g/mol. The maximum absolute atomic E-state index is 12.8. The molecule has 3 rings (SSSR count). The number of Topliss-reactive ketones (excluding diaryl/α,β-unsaturated/α-hetero) is 1. The summed E-state index contributed by atoms with van der Waals surface area (Å²) in [6.07, 6.45) is 0. The van der Waals surface area contributed by atoms with Crippen molar-refractivity contribution >= 4 is 28.4 Å². The number of oxazole rings is 1. The zero-order chi connectivity index (χ0) is 19.2. The van der Waals surface area contributed by atoms with Gasteiger partial charge < -0.3 is 15.5 Å². The number of benzene rings is 1. The average Bonchev–Trinajstić information content (AvgIpc) is 2.97. The van der Waals surface area contributed by atoms with Gasteiger partial charge in [0.1, 0.15) is 16.9 Å². The highest BCUT2D eigenvalue weighted by molar-refractivity contribution is 6.04. The molecule has 136 valence electrons. The minimum absolute atomic E-state index is 0.153. The molecule has 0 aliphatic heterocycles. The standard InChI is InChI=1S/C17H19N5O4/c1-8(19-10-5-6-12-11(7-10)20-9(2)26-12)14(23)13-15(18)21(3)17(25)22(4)16(13)24/h5-8,19H,18H2,1-4H3/t8-/m0/s1. The summed E-state index contributed by atoms with van der Waals surface area (Å²) in [6, 6.07) is 4.50. The van der Waals surface area contributed by atoms with E-state index in [9.17, 15) is 14.4 Å². The smallest absolute Gasteiger partial charge is 0.332 e. The highest BCUT2D eigenvalue weighted by atomic mass is 16.3. The van der Waals surface area contributed by atoms with Gasteiger partial charge in [-0.1, -0.05) is 0 Å². The van der Waals surface area contributed by atoms with Crippen LogP contribution in [-0.2, 0) is 14.1 Å². The third kappa shape index (κ3) is 2.77. The summed E-state index contributed by atoms with van der Waals surface area (Å²) >= 11 is 0. The summed E-state index contributed by atoms with van der Waals surface area (Å²) in [5.41, 5.74) is 6.27. The number of aryl methyl sites for hydroxylation is 1. The number of rotatable bonds is 4. The maximum atomic E-state index is 12.8. The van der Waals surface area contributed by atoms with E-state index in [0.29, 0.717) is 22.7 Å². The number of nitrogens with two attached hydrogens (primary N) is 1. The summed E-state index contributed by atoms with van der Waals surface area (Å²) in [7, 11) is 2.71. The second-order valence-electron chi connectivity index (χ2n) is 6.11. The molecule has 0 saturated carbocycles. The van der Waals surface area contributed by atoms with Crippen molar-refractivity contribution in [2.45, 2.75) is 19.9 Å². The Labute approximate surface area is 148 Å². The molecule has 0 aliphatic carbocycles. The van der Waals surface area contributed by atoms with Crippen LogP contribution in [0.1, 0.15) is 23.2 Å². The topological polar surface area (TPSA) is 125 Å². The number of anilines is 2. The fraction of sp³-hybridized carbons (Fsp3) is 0.294. The Kier molecular flexibility index (Phi) is 4.15. The lowest BCUT2D eigenvalue weighted by Gasteiger charge is -2.16. The first-order valence-corrected chi connectivity index (χ1v) is 7.94. The van der Waals surface area contributed by atoms with Crippen LogP contribution >= 0.6 is 0 Å². The Bertz CT molecular complexity index is 1140. The second-order valence-corrected chi connectivity index (χ2v) is 6.11. The molecule has 1 atom stereocenters. The van der Waals surface area contributed by atoms with E-state index in [0.717, 1.165) is 9.13 Å². The Hall–Kier alpha value is -3.36. The zero-order valence-electron chi connectivity index (χ0n) is 14.9. The summed E-state index contributed by atoms with van der Waals surface area (Å²) in [5, 5.41) is 3.03. The highest BCUT2D eigenvalue weighted by Crippen LogP contribution is 2.21. The molecule has 9 heteroatoms. The van der Waals surface area contributed by atoms with Gasteiger partial charge in [-0.25, -0.2) is 9.78 Å². The van der Waals surface area contributed by atoms with Crippen molar-refractivity contribution in [2.75, 3.05) is 11.1 Å². The van der Waals surface area contributed by atoms with Gasteiger partial charge in [0.25, 0.3) is 5.56 Å². The van der Waals surface area contributed by atoms with Gasteiger partial charge in [-0.15, -0.1) is 0 Å². The zero-order valence-corrected chi connectivity index (χ0v) is 14.9. The number of carbonyl (C=O) groups is 1. The van der Waals surface area contributed by atoms with Crippen molar-refractivity contribution in [3.63, 3.8) is 0 Å². The van der Waals surface area contributed by atoms with Gasteiger partial charge in [0, 0.05) is 26.7 Å². The number of hydrogen-bond acceptors (Lipinski definition) is 7. The number of hydrogen-bond donors (Lipinski definition) is 2. The quantitative estimate of drug-likeness (QED) is 0.662. The molecule has 0 amide bonds. The van der Waals surface area contributed by atoms with Gasteiger partial charge in [0.2, 0.25) is 0 Å². The molecule has 3 N–H and O–H groups in total. The second kappa shape index (κ2) is 6.17. The number of nitrogens with zero attached hydrogens (tertiary/aromatic N) is 3. The van der Waals surface area contributed by atoms with Gasteiger partial charge in [-0.2, -0.15) is 0 Å². The van der Waals surface area contributed by atoms with Crippen molar-refractivity contribution in [1.82, 2.24) is 14.1 Å². The molecule has 0 bridgehead atoms. The lowest BCUT2D eigenvalue weighted by Crippen LogP contribution is -2.43. The van der Waals surface area contributed by atoms with Crippen LogP contribution in [-0.4, -0.2) is 25.9 Å². The third-order valence-corrected chi connectivity index (χ3v) is 4.23. The number of aromatic nitrogens is 3. The molecule has 3 aromatic rings. The van der Waals surface area contributed by atoms with E-state index < -0.39 is 23.1 Å².